The molecular formula is C15H15Cl2N3O3S. The maximum atomic E-state index is 12.5. The lowest BCUT2D eigenvalue weighted by Gasteiger charge is -2.14. The highest BCUT2D eigenvalue weighted by atomic mass is 35.5. The molecule has 9 heteroatoms. The van der Waals surface area contributed by atoms with Gasteiger partial charge in [0.25, 0.3) is 5.91 Å². The molecule has 0 bridgehead atoms. The molecule has 1 saturated heterocycles. The van der Waals surface area contributed by atoms with Crippen molar-refractivity contribution < 1.29 is 13.2 Å². The van der Waals surface area contributed by atoms with Crippen LogP contribution < -0.4 is 5.32 Å². The van der Waals surface area contributed by atoms with Crippen molar-refractivity contribution in [2.45, 2.75) is 19.4 Å². The van der Waals surface area contributed by atoms with Crippen LogP contribution in [0.5, 0.6) is 0 Å². The molecule has 128 valence electrons. The number of amides is 1. The average Bonchev–Trinajstić information content (AvgIpc) is 3.01. The van der Waals surface area contributed by atoms with Gasteiger partial charge in [0.1, 0.15) is 5.82 Å². The van der Waals surface area contributed by atoms with E-state index in [1.54, 1.807) is 23.7 Å². The van der Waals surface area contributed by atoms with Crippen LogP contribution in [0.3, 0.4) is 0 Å². The molecule has 6 nitrogen and oxygen atoms in total. The molecule has 0 aliphatic carbocycles. The van der Waals surface area contributed by atoms with E-state index in [1.807, 2.05) is 0 Å². The monoisotopic (exact) mass is 387 g/mol. The summed E-state index contributed by atoms with van der Waals surface area (Å²) in [6.45, 7) is 1.78. The van der Waals surface area contributed by atoms with Crippen LogP contribution >= 0.6 is 23.2 Å². The van der Waals surface area contributed by atoms with E-state index in [2.05, 4.69) is 10.4 Å². The number of hydrogen-bond acceptors (Lipinski definition) is 4. The van der Waals surface area contributed by atoms with Crippen LogP contribution in [0.2, 0.25) is 10.0 Å². The Bertz CT molecular complexity index is 909. The van der Waals surface area contributed by atoms with Gasteiger partial charge in [-0.15, -0.1) is 0 Å². The summed E-state index contributed by atoms with van der Waals surface area (Å²) in [5.41, 5.74) is 0.974. The van der Waals surface area contributed by atoms with E-state index in [1.165, 1.54) is 12.1 Å². The average molecular weight is 388 g/mol. The zero-order valence-corrected chi connectivity index (χ0v) is 15.1. The summed E-state index contributed by atoms with van der Waals surface area (Å²) in [6, 6.07) is 6.03. The standard InChI is InChI=1S/C15H15Cl2N3O3S/c1-9-6-14(20(19-9)11-4-5-24(22,23)8-11)18-15(21)12-3-2-10(16)7-13(12)17/h2-3,6-7,11H,4-5,8H2,1H3,(H,18,21). The highest BCUT2D eigenvalue weighted by Crippen LogP contribution is 2.28. The number of halogens is 2. The Hall–Kier alpha value is -1.57. The summed E-state index contributed by atoms with van der Waals surface area (Å²) in [6.07, 6.45) is 0.480. The third kappa shape index (κ3) is 3.58. The summed E-state index contributed by atoms with van der Waals surface area (Å²) in [4.78, 5) is 12.5. The molecule has 1 unspecified atom stereocenters. The largest absolute Gasteiger partial charge is 0.307 e. The highest BCUT2D eigenvalue weighted by Gasteiger charge is 2.31. The molecule has 0 radical (unpaired) electrons. The number of aromatic nitrogens is 2. The molecule has 1 fully saturated rings. The van der Waals surface area contributed by atoms with Crippen molar-refractivity contribution in [2.24, 2.45) is 0 Å². The number of rotatable bonds is 3. The second-order valence-electron chi connectivity index (χ2n) is 5.75. The quantitative estimate of drug-likeness (QED) is 0.876. The van der Waals surface area contributed by atoms with Crippen LogP contribution in [0.25, 0.3) is 0 Å². The van der Waals surface area contributed by atoms with E-state index >= 15 is 0 Å². The van der Waals surface area contributed by atoms with Crippen LogP contribution in [0.4, 0.5) is 5.82 Å². The first-order valence-electron chi connectivity index (χ1n) is 7.28. The molecule has 3 rings (SSSR count). The Morgan fingerprint density at radius 1 is 1.33 bits per heavy atom. The number of carbonyl (C=O) groups excluding carboxylic acids is 1. The molecule has 2 heterocycles. The molecule has 24 heavy (non-hydrogen) atoms. The molecular weight excluding hydrogens is 373 g/mol. The van der Waals surface area contributed by atoms with Crippen molar-refractivity contribution >= 4 is 44.8 Å². The lowest BCUT2D eigenvalue weighted by Crippen LogP contribution is -2.19. The predicted octanol–water partition coefficient (Wildman–Crippen LogP) is 3.11. The zero-order chi connectivity index (χ0) is 17.5. The predicted molar refractivity (Wildman–Crippen MR) is 93.7 cm³/mol. The van der Waals surface area contributed by atoms with Gasteiger partial charge in [0.2, 0.25) is 0 Å². The van der Waals surface area contributed by atoms with Crippen molar-refractivity contribution in [1.29, 1.82) is 0 Å². The third-order valence-corrected chi connectivity index (χ3v) is 6.13. The van der Waals surface area contributed by atoms with Gasteiger partial charge < -0.3 is 5.32 Å². The Morgan fingerprint density at radius 2 is 2.08 bits per heavy atom. The van der Waals surface area contributed by atoms with Crippen molar-refractivity contribution in [3.05, 3.63) is 45.6 Å². The molecule has 0 saturated carbocycles. The van der Waals surface area contributed by atoms with E-state index in [0.717, 1.165) is 0 Å². The summed E-state index contributed by atoms with van der Waals surface area (Å²) >= 11 is 11.9. The maximum Gasteiger partial charge on any atom is 0.258 e. The molecule has 1 amide bonds. The van der Waals surface area contributed by atoms with Crippen molar-refractivity contribution in [3.63, 3.8) is 0 Å². The van der Waals surface area contributed by atoms with Crippen LogP contribution in [0.15, 0.2) is 24.3 Å². The molecule has 0 spiro atoms. The Kier molecular flexibility index (Phi) is 4.59. The number of aryl methyl sites for hydroxylation is 1. The van der Waals surface area contributed by atoms with Gasteiger partial charge in [0.15, 0.2) is 9.84 Å². The fraction of sp³-hybridized carbons (Fsp3) is 0.333. The van der Waals surface area contributed by atoms with Crippen LogP contribution in [0, 0.1) is 6.92 Å². The lowest BCUT2D eigenvalue weighted by atomic mass is 10.2. The van der Waals surface area contributed by atoms with Gasteiger partial charge in [-0.3, -0.25) is 4.79 Å². The van der Waals surface area contributed by atoms with Crippen molar-refractivity contribution in [1.82, 2.24) is 9.78 Å². The maximum absolute atomic E-state index is 12.5. The molecule has 2 aromatic rings. The fourth-order valence-electron chi connectivity index (χ4n) is 2.71. The number of carbonyl (C=O) groups is 1. The first-order valence-corrected chi connectivity index (χ1v) is 9.86. The van der Waals surface area contributed by atoms with E-state index in [4.69, 9.17) is 23.2 Å². The molecule has 1 aromatic heterocycles. The van der Waals surface area contributed by atoms with Crippen molar-refractivity contribution in [3.8, 4) is 0 Å². The van der Waals surface area contributed by atoms with E-state index < -0.39 is 15.7 Å². The second-order valence-corrected chi connectivity index (χ2v) is 8.82. The molecule has 1 aliphatic heterocycles. The molecule has 1 N–H and O–H groups in total. The van der Waals surface area contributed by atoms with Gasteiger partial charge in [-0.1, -0.05) is 23.2 Å². The first-order chi connectivity index (χ1) is 11.2. The van der Waals surface area contributed by atoms with Crippen molar-refractivity contribution in [2.75, 3.05) is 16.8 Å². The summed E-state index contributed by atoms with van der Waals surface area (Å²) in [5, 5.41) is 7.76. The van der Waals surface area contributed by atoms with E-state index in [0.29, 0.717) is 23.0 Å². The smallest absolute Gasteiger partial charge is 0.258 e. The number of sulfone groups is 1. The summed E-state index contributed by atoms with van der Waals surface area (Å²) in [7, 11) is -3.05. The Labute approximate surface area is 149 Å². The third-order valence-electron chi connectivity index (χ3n) is 3.83. The topological polar surface area (TPSA) is 81.1 Å². The minimum atomic E-state index is -3.05. The molecule has 1 aromatic carbocycles. The van der Waals surface area contributed by atoms with Gasteiger partial charge in [0, 0.05) is 11.1 Å². The van der Waals surface area contributed by atoms with E-state index in [-0.39, 0.29) is 28.1 Å². The first kappa shape index (κ1) is 17.3. The Balaban J connectivity index is 1.87. The van der Waals surface area contributed by atoms with E-state index in [9.17, 15) is 13.2 Å². The molecule has 1 atom stereocenters. The van der Waals surface area contributed by atoms with Gasteiger partial charge in [0.05, 0.1) is 33.8 Å². The SMILES string of the molecule is Cc1cc(NC(=O)c2ccc(Cl)cc2Cl)n(C2CCS(=O)(=O)C2)n1. The lowest BCUT2D eigenvalue weighted by molar-refractivity contribution is 0.102. The van der Waals surface area contributed by atoms with Gasteiger partial charge in [-0.05, 0) is 31.5 Å². The van der Waals surface area contributed by atoms with Crippen LogP contribution in [0.1, 0.15) is 28.5 Å². The minimum absolute atomic E-state index is 0.0265. The normalized spacial score (nSPS) is 19.4. The van der Waals surface area contributed by atoms with Gasteiger partial charge >= 0.3 is 0 Å². The number of nitrogens with zero attached hydrogens (tertiary/aromatic N) is 2. The number of hydrogen-bond donors (Lipinski definition) is 1. The van der Waals surface area contributed by atoms with Gasteiger partial charge in [-0.25, -0.2) is 13.1 Å². The summed E-state index contributed by atoms with van der Waals surface area (Å²) in [5.74, 6) is 0.204. The number of benzene rings is 1. The zero-order valence-electron chi connectivity index (χ0n) is 12.8. The summed E-state index contributed by atoms with van der Waals surface area (Å²) < 4.78 is 25.0. The van der Waals surface area contributed by atoms with Crippen LogP contribution in [-0.2, 0) is 9.84 Å². The highest BCUT2D eigenvalue weighted by molar-refractivity contribution is 7.91. The Morgan fingerprint density at radius 3 is 2.71 bits per heavy atom. The number of anilines is 1. The molecule has 1 aliphatic rings. The van der Waals surface area contributed by atoms with Crippen LogP contribution in [-0.4, -0.2) is 35.6 Å². The number of nitrogens with one attached hydrogen (secondary N) is 1. The fourth-order valence-corrected chi connectivity index (χ4v) is 4.90. The second kappa shape index (κ2) is 6.38. The minimum Gasteiger partial charge on any atom is -0.307 e. The van der Waals surface area contributed by atoms with Gasteiger partial charge in [-0.2, -0.15) is 5.10 Å².